The molecule has 7 nitrogen and oxygen atoms in total. The molecule has 0 spiro atoms. The van der Waals surface area contributed by atoms with Gasteiger partial charge in [0.05, 0.1) is 11.9 Å². The van der Waals surface area contributed by atoms with Crippen LogP contribution in [0.4, 0.5) is 5.69 Å². The number of nitrogens with one attached hydrogen (secondary N) is 1. The van der Waals surface area contributed by atoms with E-state index in [1.165, 1.54) is 10.6 Å². The minimum absolute atomic E-state index is 0.0786. The van der Waals surface area contributed by atoms with Gasteiger partial charge in [0, 0.05) is 35.6 Å². The number of halogens is 2. The molecule has 0 bridgehead atoms. The molecule has 1 N–H and O–H groups in total. The summed E-state index contributed by atoms with van der Waals surface area (Å²) in [4.78, 5) is 28.5. The van der Waals surface area contributed by atoms with Crippen LogP contribution in [0.2, 0.25) is 10.0 Å². The van der Waals surface area contributed by atoms with Crippen LogP contribution in [-0.4, -0.2) is 50.0 Å². The van der Waals surface area contributed by atoms with Gasteiger partial charge in [-0.05, 0) is 80.5 Å². The second-order valence-corrected chi connectivity index (χ2v) is 13.2. The predicted octanol–water partition coefficient (Wildman–Crippen LogP) is 6.02. The third-order valence-electron chi connectivity index (χ3n) is 7.09. The van der Waals surface area contributed by atoms with Gasteiger partial charge in [-0.3, -0.25) is 13.9 Å². The number of anilines is 1. The van der Waals surface area contributed by atoms with E-state index in [0.29, 0.717) is 34.1 Å². The number of hydrogen-bond acceptors (Lipinski definition) is 4. The Kier molecular flexibility index (Phi) is 11.1. The van der Waals surface area contributed by atoms with Crippen molar-refractivity contribution in [1.29, 1.82) is 0 Å². The van der Waals surface area contributed by atoms with Gasteiger partial charge in [0.15, 0.2) is 0 Å². The molecular formula is C29H39Cl2N3O4S. The van der Waals surface area contributed by atoms with E-state index in [-0.39, 0.29) is 37.4 Å². The van der Waals surface area contributed by atoms with Crippen molar-refractivity contribution in [3.8, 4) is 0 Å². The molecule has 0 heterocycles. The van der Waals surface area contributed by atoms with Crippen LogP contribution in [0.15, 0.2) is 36.4 Å². The molecule has 2 aromatic carbocycles. The van der Waals surface area contributed by atoms with Gasteiger partial charge >= 0.3 is 0 Å². The molecule has 1 saturated carbocycles. The molecule has 0 aromatic heterocycles. The smallest absolute Gasteiger partial charge is 0.243 e. The van der Waals surface area contributed by atoms with Crippen molar-refractivity contribution in [1.82, 2.24) is 10.2 Å². The van der Waals surface area contributed by atoms with Gasteiger partial charge in [0.25, 0.3) is 0 Å². The van der Waals surface area contributed by atoms with E-state index in [0.717, 1.165) is 36.8 Å². The van der Waals surface area contributed by atoms with Crippen molar-refractivity contribution in [3.63, 3.8) is 0 Å². The van der Waals surface area contributed by atoms with E-state index in [1.54, 1.807) is 23.1 Å². The maximum Gasteiger partial charge on any atom is 0.243 e. The normalized spacial score (nSPS) is 14.7. The molecular weight excluding hydrogens is 557 g/mol. The quantitative estimate of drug-likeness (QED) is 0.325. The molecule has 39 heavy (non-hydrogen) atoms. The Morgan fingerprint density at radius 1 is 1.05 bits per heavy atom. The summed E-state index contributed by atoms with van der Waals surface area (Å²) in [6.07, 6.45) is 6.04. The molecule has 2 amide bonds. The number of hydrogen-bond donors (Lipinski definition) is 1. The third kappa shape index (κ3) is 8.85. The van der Waals surface area contributed by atoms with Crippen molar-refractivity contribution in [2.75, 3.05) is 17.1 Å². The van der Waals surface area contributed by atoms with Crippen molar-refractivity contribution in [2.24, 2.45) is 0 Å². The number of rotatable bonds is 12. The Bertz CT molecular complexity index is 1260. The predicted molar refractivity (Wildman–Crippen MR) is 159 cm³/mol. The summed E-state index contributed by atoms with van der Waals surface area (Å²) in [5.41, 5.74) is 3.18. The molecule has 1 aliphatic carbocycles. The van der Waals surface area contributed by atoms with Gasteiger partial charge in [0.2, 0.25) is 21.8 Å². The molecule has 0 aliphatic heterocycles. The first-order valence-corrected chi connectivity index (χ1v) is 16.1. The zero-order chi connectivity index (χ0) is 28.7. The van der Waals surface area contributed by atoms with Crippen LogP contribution in [0.3, 0.4) is 0 Å². The maximum absolute atomic E-state index is 13.7. The van der Waals surface area contributed by atoms with Crippen LogP contribution in [0.1, 0.15) is 68.6 Å². The van der Waals surface area contributed by atoms with Crippen LogP contribution in [0.5, 0.6) is 0 Å². The fraction of sp³-hybridized carbons (Fsp3) is 0.517. The zero-order valence-corrected chi connectivity index (χ0v) is 25.5. The van der Waals surface area contributed by atoms with E-state index < -0.39 is 16.1 Å². The van der Waals surface area contributed by atoms with Gasteiger partial charge in [-0.25, -0.2) is 8.42 Å². The van der Waals surface area contributed by atoms with E-state index in [2.05, 4.69) is 5.32 Å². The van der Waals surface area contributed by atoms with Crippen molar-refractivity contribution >= 4 is 50.7 Å². The number of amides is 2. The summed E-state index contributed by atoms with van der Waals surface area (Å²) in [5, 5.41) is 4.03. The fourth-order valence-corrected chi connectivity index (χ4v) is 6.64. The van der Waals surface area contributed by atoms with E-state index >= 15 is 0 Å². The minimum Gasteiger partial charge on any atom is -0.352 e. The summed E-state index contributed by atoms with van der Waals surface area (Å²) in [5.74, 6) is -0.404. The van der Waals surface area contributed by atoms with Crippen LogP contribution in [0.25, 0.3) is 0 Å². The third-order valence-corrected chi connectivity index (χ3v) is 8.87. The number of nitrogens with zero attached hydrogens (tertiary/aromatic N) is 2. The van der Waals surface area contributed by atoms with Crippen LogP contribution in [0, 0.1) is 13.8 Å². The molecule has 1 fully saturated rings. The first-order chi connectivity index (χ1) is 18.4. The molecule has 2 aromatic rings. The highest BCUT2D eigenvalue weighted by Crippen LogP contribution is 2.26. The number of carbonyl (C=O) groups is 2. The van der Waals surface area contributed by atoms with Crippen molar-refractivity contribution in [2.45, 2.75) is 84.3 Å². The summed E-state index contributed by atoms with van der Waals surface area (Å²) in [6.45, 7) is 6.02. The Morgan fingerprint density at radius 2 is 1.69 bits per heavy atom. The van der Waals surface area contributed by atoms with Crippen LogP contribution < -0.4 is 9.62 Å². The Labute approximate surface area is 242 Å². The molecule has 10 heteroatoms. The lowest BCUT2D eigenvalue weighted by atomic mass is 10.1. The molecule has 0 radical (unpaired) electrons. The van der Waals surface area contributed by atoms with Crippen molar-refractivity contribution < 1.29 is 18.0 Å². The van der Waals surface area contributed by atoms with Crippen molar-refractivity contribution in [3.05, 3.63) is 63.1 Å². The molecule has 214 valence electrons. The topological polar surface area (TPSA) is 86.8 Å². The highest BCUT2D eigenvalue weighted by atomic mass is 35.5. The highest BCUT2D eigenvalue weighted by molar-refractivity contribution is 7.92. The average molecular weight is 597 g/mol. The lowest BCUT2D eigenvalue weighted by Gasteiger charge is -2.32. The molecule has 0 saturated heterocycles. The first-order valence-electron chi connectivity index (χ1n) is 13.5. The van der Waals surface area contributed by atoms with Crippen LogP contribution in [-0.2, 0) is 26.2 Å². The number of benzene rings is 2. The highest BCUT2D eigenvalue weighted by Gasteiger charge is 2.31. The molecule has 3 rings (SSSR count). The van der Waals surface area contributed by atoms with Gasteiger partial charge in [0.1, 0.15) is 6.04 Å². The minimum atomic E-state index is -3.56. The number of carbonyl (C=O) groups excluding carboxylic acids is 2. The van der Waals surface area contributed by atoms with Gasteiger partial charge in [-0.1, -0.05) is 55.1 Å². The summed E-state index contributed by atoms with van der Waals surface area (Å²) in [7, 11) is -3.56. The molecule has 0 unspecified atom stereocenters. The molecule has 1 aliphatic rings. The molecule has 1 atom stereocenters. The first kappa shape index (κ1) is 31.2. The monoisotopic (exact) mass is 595 g/mol. The maximum atomic E-state index is 13.7. The second kappa shape index (κ2) is 13.9. The fourth-order valence-electron chi connectivity index (χ4n) is 5.22. The van der Waals surface area contributed by atoms with E-state index in [9.17, 15) is 18.0 Å². The Balaban J connectivity index is 1.80. The van der Waals surface area contributed by atoms with E-state index in [1.807, 2.05) is 39.0 Å². The Morgan fingerprint density at radius 3 is 2.26 bits per heavy atom. The zero-order valence-electron chi connectivity index (χ0n) is 23.2. The van der Waals surface area contributed by atoms with E-state index in [4.69, 9.17) is 23.2 Å². The summed E-state index contributed by atoms with van der Waals surface area (Å²) >= 11 is 12.5. The SMILES string of the molecule is CC[C@H](C(=O)NC1CCCC1)N(Cc1ccc(Cl)cc1Cl)C(=O)CCCN(c1cc(C)cc(C)c1)S(C)(=O)=O. The summed E-state index contributed by atoms with van der Waals surface area (Å²) in [6, 6.07) is 10.2. The summed E-state index contributed by atoms with van der Waals surface area (Å²) < 4.78 is 26.6. The standard InChI is InChI=1S/C29H39Cl2N3O4S/c1-5-27(29(36)32-24-9-6-7-10-24)33(19-22-12-13-23(30)18-26(22)31)28(35)11-8-14-34(39(4,37)38)25-16-20(2)15-21(3)17-25/h12-13,15-18,24,27H,5-11,14,19H2,1-4H3,(H,32,36)/t27-/m1/s1. The Hall–Kier alpha value is -2.29. The van der Waals surface area contributed by atoms with Gasteiger partial charge in [-0.2, -0.15) is 0 Å². The largest absolute Gasteiger partial charge is 0.352 e. The van der Waals surface area contributed by atoms with Crippen LogP contribution >= 0.6 is 23.2 Å². The lowest BCUT2D eigenvalue weighted by Crippen LogP contribution is -2.51. The number of sulfonamides is 1. The lowest BCUT2D eigenvalue weighted by molar-refractivity contribution is -0.141. The van der Waals surface area contributed by atoms with Gasteiger partial charge in [-0.15, -0.1) is 0 Å². The average Bonchev–Trinajstić information content (AvgIpc) is 3.34. The second-order valence-electron chi connectivity index (χ2n) is 10.5. The number of aryl methyl sites for hydroxylation is 2. The van der Waals surface area contributed by atoms with Gasteiger partial charge < -0.3 is 10.2 Å².